The van der Waals surface area contributed by atoms with Crippen molar-refractivity contribution in [1.29, 1.82) is 0 Å². The van der Waals surface area contributed by atoms with Crippen molar-refractivity contribution in [2.75, 3.05) is 0 Å². The summed E-state index contributed by atoms with van der Waals surface area (Å²) < 4.78 is 24.8. The van der Waals surface area contributed by atoms with Crippen LogP contribution in [0.5, 0.6) is 5.75 Å². The summed E-state index contributed by atoms with van der Waals surface area (Å²) in [5.41, 5.74) is -0.452. The number of rotatable bonds is 6. The van der Waals surface area contributed by atoms with E-state index >= 15 is 4.39 Å². The quantitative estimate of drug-likeness (QED) is 0.207. The van der Waals surface area contributed by atoms with Crippen molar-refractivity contribution in [3.63, 3.8) is 0 Å². The molecule has 1 aromatic heterocycles. The van der Waals surface area contributed by atoms with Crippen LogP contribution in [0.25, 0.3) is 22.0 Å². The first-order valence-corrected chi connectivity index (χ1v) is 16.6. The highest BCUT2D eigenvalue weighted by molar-refractivity contribution is 7.00. The van der Waals surface area contributed by atoms with Crippen LogP contribution in [0.15, 0.2) is 101 Å². The highest BCUT2D eigenvalue weighted by Gasteiger charge is 2.52. The summed E-state index contributed by atoms with van der Waals surface area (Å²) in [5, 5.41) is 2.14. The molecule has 5 nitrogen and oxygen atoms in total. The first-order valence-electron chi connectivity index (χ1n) is 14.3. The molecule has 0 saturated carbocycles. The first-order chi connectivity index (χ1) is 20.2. The Kier molecular flexibility index (Phi) is 8.01. The van der Waals surface area contributed by atoms with Crippen molar-refractivity contribution >= 4 is 41.2 Å². The molecule has 5 aromatic rings. The molecule has 0 amide bonds. The number of nitrogens with one attached hydrogen (secondary N) is 1. The summed E-state index contributed by atoms with van der Waals surface area (Å²) in [5.74, 6) is -0.184. The van der Waals surface area contributed by atoms with Crippen LogP contribution in [-0.2, 0) is 6.54 Å². The lowest BCUT2D eigenvalue weighted by atomic mass is 9.96. The maximum absolute atomic E-state index is 16.1. The normalized spacial score (nSPS) is 12.5. The van der Waals surface area contributed by atoms with Gasteiger partial charge in [-0.25, -0.2) is 9.18 Å². The average molecular weight is 615 g/mol. The molecule has 8 heteroatoms. The van der Waals surface area contributed by atoms with Crippen LogP contribution in [0.1, 0.15) is 41.5 Å². The molecule has 43 heavy (non-hydrogen) atoms. The number of nitrogens with zero attached hydrogens (tertiary/aromatic N) is 1. The van der Waals surface area contributed by atoms with Crippen LogP contribution in [0.3, 0.4) is 0 Å². The van der Waals surface area contributed by atoms with Gasteiger partial charge in [-0.1, -0.05) is 120 Å². The summed E-state index contributed by atoms with van der Waals surface area (Å²) in [6.07, 6.45) is 0. The minimum Gasteiger partial charge on any atom is -0.533 e. The SMILES string of the molecule is CC(C)(C)Cn1c(=O)[nH]c(=O)c2cc(Cl)c(-c3c(F)cccc3O[Si](c3ccccc3)(c3ccccc3)C(C)(C)C)cc21. The fourth-order valence-corrected chi connectivity index (χ4v) is 10.5. The molecule has 0 spiro atoms. The minimum atomic E-state index is -3.13. The zero-order valence-electron chi connectivity index (χ0n) is 25.3. The van der Waals surface area contributed by atoms with E-state index in [1.165, 1.54) is 16.7 Å². The van der Waals surface area contributed by atoms with E-state index in [0.717, 1.165) is 10.4 Å². The van der Waals surface area contributed by atoms with E-state index in [4.69, 9.17) is 16.0 Å². The molecule has 222 valence electrons. The molecular weight excluding hydrogens is 579 g/mol. The van der Waals surface area contributed by atoms with Gasteiger partial charge in [0.15, 0.2) is 0 Å². The van der Waals surface area contributed by atoms with Crippen molar-refractivity contribution in [3.05, 3.63) is 123 Å². The Morgan fingerprint density at radius 2 is 1.42 bits per heavy atom. The standard InChI is InChI=1S/C35H36ClFN2O3Si/c1-34(2,3)22-39-29-21-25(27(36)20-26(29)32(40)38-33(39)41)31-28(37)18-13-19-30(31)42-43(35(4,5)6,23-14-9-7-10-15-23)24-16-11-8-12-17-24/h7-21H,22H2,1-6H3,(H,38,40,41). The fraction of sp³-hybridized carbons (Fsp3) is 0.257. The summed E-state index contributed by atoms with van der Waals surface area (Å²) >= 11 is 6.82. The average Bonchev–Trinajstić information content (AvgIpc) is 2.94. The molecule has 0 bridgehead atoms. The van der Waals surface area contributed by atoms with Crippen LogP contribution in [0.2, 0.25) is 10.1 Å². The van der Waals surface area contributed by atoms with Crippen molar-refractivity contribution in [2.45, 2.75) is 53.1 Å². The van der Waals surface area contributed by atoms with E-state index < -0.39 is 25.4 Å². The van der Waals surface area contributed by atoms with E-state index in [0.29, 0.717) is 23.4 Å². The van der Waals surface area contributed by atoms with Gasteiger partial charge in [0.1, 0.15) is 11.6 Å². The summed E-state index contributed by atoms with van der Waals surface area (Å²) in [6.45, 7) is 12.8. The van der Waals surface area contributed by atoms with E-state index in [9.17, 15) is 9.59 Å². The van der Waals surface area contributed by atoms with Crippen LogP contribution in [-0.4, -0.2) is 17.9 Å². The third kappa shape index (κ3) is 5.71. The molecule has 0 aliphatic heterocycles. The molecule has 0 aliphatic rings. The van der Waals surface area contributed by atoms with Gasteiger partial charge in [-0.15, -0.1) is 0 Å². The van der Waals surface area contributed by atoms with E-state index in [-0.39, 0.29) is 26.4 Å². The van der Waals surface area contributed by atoms with E-state index in [2.05, 4.69) is 50.0 Å². The topological polar surface area (TPSA) is 64.1 Å². The van der Waals surface area contributed by atoms with Crippen molar-refractivity contribution in [3.8, 4) is 16.9 Å². The number of aromatic nitrogens is 2. The summed E-state index contributed by atoms with van der Waals surface area (Å²) in [6, 6.07) is 28.1. The Hall–Kier alpha value is -3.94. The van der Waals surface area contributed by atoms with Crippen LogP contribution in [0, 0.1) is 11.2 Å². The van der Waals surface area contributed by atoms with Gasteiger partial charge in [0.25, 0.3) is 5.56 Å². The number of hydrogen-bond donors (Lipinski definition) is 1. The van der Waals surface area contributed by atoms with Gasteiger partial charge in [0.05, 0.1) is 16.5 Å². The second-order valence-corrected chi connectivity index (χ2v) is 17.8. The molecule has 5 rings (SSSR count). The molecule has 4 aromatic carbocycles. The fourth-order valence-electron chi connectivity index (χ4n) is 5.80. The predicted octanol–water partition coefficient (Wildman–Crippen LogP) is 7.13. The Balaban J connectivity index is 1.82. The Morgan fingerprint density at radius 1 is 0.837 bits per heavy atom. The molecule has 0 aliphatic carbocycles. The molecule has 1 heterocycles. The maximum Gasteiger partial charge on any atom is 0.328 e. The Morgan fingerprint density at radius 3 is 1.95 bits per heavy atom. The van der Waals surface area contributed by atoms with Crippen molar-refractivity contribution in [2.24, 2.45) is 5.41 Å². The zero-order chi connectivity index (χ0) is 31.2. The summed E-state index contributed by atoms with van der Waals surface area (Å²) in [4.78, 5) is 28.2. The molecular formula is C35H36ClFN2O3Si. The van der Waals surface area contributed by atoms with Gasteiger partial charge >= 0.3 is 14.0 Å². The predicted molar refractivity (Wildman–Crippen MR) is 177 cm³/mol. The lowest BCUT2D eigenvalue weighted by molar-refractivity contribution is 0.341. The minimum absolute atomic E-state index is 0.177. The van der Waals surface area contributed by atoms with Crippen molar-refractivity contribution in [1.82, 2.24) is 9.55 Å². The first kappa shape index (κ1) is 30.5. The van der Waals surface area contributed by atoms with Gasteiger partial charge < -0.3 is 4.43 Å². The second kappa shape index (κ2) is 11.3. The van der Waals surface area contributed by atoms with Gasteiger partial charge in [-0.2, -0.15) is 0 Å². The summed E-state index contributed by atoms with van der Waals surface area (Å²) in [7, 11) is -3.13. The molecule has 0 fully saturated rings. The Bertz CT molecular complexity index is 1870. The van der Waals surface area contributed by atoms with Crippen LogP contribution in [0.4, 0.5) is 4.39 Å². The lowest BCUT2D eigenvalue weighted by Crippen LogP contribution is -2.68. The smallest absolute Gasteiger partial charge is 0.328 e. The lowest BCUT2D eigenvalue weighted by Gasteiger charge is -2.43. The number of H-pyrrole nitrogens is 1. The second-order valence-electron chi connectivity index (χ2n) is 13.1. The number of fused-ring (bicyclic) bond motifs is 1. The maximum atomic E-state index is 16.1. The Labute approximate surface area is 257 Å². The molecule has 0 atom stereocenters. The van der Waals surface area contributed by atoms with E-state index in [1.807, 2.05) is 57.2 Å². The van der Waals surface area contributed by atoms with Crippen LogP contribution >= 0.6 is 11.6 Å². The highest BCUT2D eigenvalue weighted by atomic mass is 35.5. The molecule has 1 N–H and O–H groups in total. The van der Waals surface area contributed by atoms with Crippen molar-refractivity contribution < 1.29 is 8.82 Å². The molecule has 0 unspecified atom stereocenters. The number of benzene rings is 4. The zero-order valence-corrected chi connectivity index (χ0v) is 27.1. The largest absolute Gasteiger partial charge is 0.533 e. The van der Waals surface area contributed by atoms with E-state index in [1.54, 1.807) is 18.2 Å². The number of halogens is 2. The van der Waals surface area contributed by atoms with Gasteiger partial charge in [-0.05, 0) is 45.1 Å². The third-order valence-corrected chi connectivity index (χ3v) is 12.9. The monoisotopic (exact) mass is 614 g/mol. The number of aromatic amines is 1. The van der Waals surface area contributed by atoms with Gasteiger partial charge in [0.2, 0.25) is 0 Å². The highest BCUT2D eigenvalue weighted by Crippen LogP contribution is 2.43. The van der Waals surface area contributed by atoms with Gasteiger partial charge in [0, 0.05) is 17.1 Å². The van der Waals surface area contributed by atoms with Gasteiger partial charge in [-0.3, -0.25) is 14.3 Å². The molecule has 0 radical (unpaired) electrons. The third-order valence-electron chi connectivity index (χ3n) is 7.64. The molecule has 0 saturated heterocycles. The van der Waals surface area contributed by atoms with Crippen LogP contribution < -0.4 is 26.0 Å². The number of hydrogen-bond acceptors (Lipinski definition) is 3.